The van der Waals surface area contributed by atoms with Crippen LogP contribution in [0.4, 0.5) is 11.4 Å². The van der Waals surface area contributed by atoms with Gasteiger partial charge in [-0.05, 0) is 46.0 Å². The summed E-state index contributed by atoms with van der Waals surface area (Å²) >= 11 is 0. The third-order valence-corrected chi connectivity index (χ3v) is 4.10. The lowest BCUT2D eigenvalue weighted by Gasteiger charge is -2.46. The molecular weight excluding hydrogens is 238 g/mol. The monoisotopic (exact) mass is 261 g/mol. The number of piperazine rings is 1. The van der Waals surface area contributed by atoms with Gasteiger partial charge in [0.1, 0.15) is 0 Å². The van der Waals surface area contributed by atoms with Crippen LogP contribution in [0.2, 0.25) is 0 Å². The van der Waals surface area contributed by atoms with Crippen molar-refractivity contribution in [3.63, 3.8) is 0 Å². The maximum atomic E-state index is 11.4. The van der Waals surface area contributed by atoms with E-state index >= 15 is 0 Å². The minimum atomic E-state index is 0.0164. The molecular formula is C15H23N3O. The molecule has 0 bridgehead atoms. The predicted molar refractivity (Wildman–Crippen MR) is 79.8 cm³/mol. The Morgan fingerprint density at radius 2 is 2.00 bits per heavy atom. The highest BCUT2D eigenvalue weighted by Crippen LogP contribution is 2.27. The van der Waals surface area contributed by atoms with Crippen molar-refractivity contribution < 1.29 is 4.79 Å². The van der Waals surface area contributed by atoms with Crippen LogP contribution in [0, 0.1) is 0 Å². The number of rotatable bonds is 2. The summed E-state index contributed by atoms with van der Waals surface area (Å²) in [5.74, 6) is 0.0164. The van der Waals surface area contributed by atoms with Crippen LogP contribution in [0.3, 0.4) is 0 Å². The Morgan fingerprint density at radius 3 is 2.53 bits per heavy atom. The van der Waals surface area contributed by atoms with E-state index in [0.717, 1.165) is 25.3 Å². The third kappa shape index (κ3) is 2.73. The Bertz CT molecular complexity index is 496. The summed E-state index contributed by atoms with van der Waals surface area (Å²) in [7, 11) is 2.16. The first-order valence-corrected chi connectivity index (χ1v) is 6.68. The molecule has 0 amide bonds. The number of ketones is 1. The van der Waals surface area contributed by atoms with E-state index in [1.165, 1.54) is 0 Å². The molecule has 0 spiro atoms. The maximum Gasteiger partial charge on any atom is 0.161 e. The molecule has 1 aromatic rings. The Morgan fingerprint density at radius 1 is 1.32 bits per heavy atom. The molecule has 0 radical (unpaired) electrons. The molecule has 1 aliphatic rings. The number of nitrogen functional groups attached to an aromatic ring is 1. The van der Waals surface area contributed by atoms with Gasteiger partial charge in [-0.25, -0.2) is 0 Å². The highest BCUT2D eigenvalue weighted by Gasteiger charge is 2.31. The van der Waals surface area contributed by atoms with Crippen molar-refractivity contribution in [1.82, 2.24) is 4.90 Å². The molecule has 1 aliphatic heterocycles. The van der Waals surface area contributed by atoms with Gasteiger partial charge in [0.05, 0.1) is 0 Å². The summed E-state index contributed by atoms with van der Waals surface area (Å²) in [5.41, 5.74) is 8.39. The summed E-state index contributed by atoms with van der Waals surface area (Å²) in [5, 5.41) is 0. The number of anilines is 2. The predicted octanol–water partition coefficient (Wildman–Crippen LogP) is 2.00. The van der Waals surface area contributed by atoms with Gasteiger partial charge in [0.25, 0.3) is 0 Å². The van der Waals surface area contributed by atoms with E-state index < -0.39 is 0 Å². The average molecular weight is 261 g/mol. The molecule has 0 unspecified atom stereocenters. The zero-order valence-electron chi connectivity index (χ0n) is 12.2. The standard InChI is InChI=1S/C15H23N3O/c1-11(19)13-6-5-12(9-14(13)16)18-8-7-17(4)15(2,3)10-18/h5-6,9H,7-8,10,16H2,1-4H3. The number of carbonyl (C=O) groups is 1. The molecule has 4 heteroatoms. The van der Waals surface area contributed by atoms with Crippen LogP contribution in [0.15, 0.2) is 18.2 Å². The SMILES string of the molecule is CC(=O)c1ccc(N2CCN(C)C(C)(C)C2)cc1N. The Kier molecular flexibility index (Phi) is 3.54. The lowest BCUT2D eigenvalue weighted by molar-refractivity contribution is 0.101. The molecule has 1 aromatic carbocycles. The number of benzene rings is 1. The summed E-state index contributed by atoms with van der Waals surface area (Å²) in [6.07, 6.45) is 0. The van der Waals surface area contributed by atoms with Gasteiger partial charge in [-0.3, -0.25) is 9.69 Å². The van der Waals surface area contributed by atoms with Crippen LogP contribution in [0.1, 0.15) is 31.1 Å². The molecule has 0 atom stereocenters. The molecule has 2 rings (SSSR count). The van der Waals surface area contributed by atoms with Crippen molar-refractivity contribution in [3.05, 3.63) is 23.8 Å². The van der Waals surface area contributed by atoms with E-state index in [-0.39, 0.29) is 11.3 Å². The summed E-state index contributed by atoms with van der Waals surface area (Å²) in [4.78, 5) is 16.1. The maximum absolute atomic E-state index is 11.4. The Labute approximate surface area is 115 Å². The van der Waals surface area contributed by atoms with Crippen LogP contribution < -0.4 is 10.6 Å². The molecule has 104 valence electrons. The van der Waals surface area contributed by atoms with Gasteiger partial charge in [0.2, 0.25) is 0 Å². The van der Waals surface area contributed by atoms with Crippen molar-refractivity contribution in [2.45, 2.75) is 26.3 Å². The molecule has 19 heavy (non-hydrogen) atoms. The molecule has 4 nitrogen and oxygen atoms in total. The van der Waals surface area contributed by atoms with Crippen LogP contribution in [0.5, 0.6) is 0 Å². The van der Waals surface area contributed by atoms with Gasteiger partial charge >= 0.3 is 0 Å². The second kappa shape index (κ2) is 4.85. The zero-order chi connectivity index (χ0) is 14.2. The van der Waals surface area contributed by atoms with Crippen LogP contribution in [-0.2, 0) is 0 Å². The van der Waals surface area contributed by atoms with Crippen molar-refractivity contribution >= 4 is 17.2 Å². The first-order chi connectivity index (χ1) is 8.81. The second-order valence-corrected chi connectivity index (χ2v) is 5.98. The number of nitrogens with two attached hydrogens (primary N) is 1. The number of likely N-dealkylation sites (N-methyl/N-ethyl adjacent to an activating group) is 1. The summed E-state index contributed by atoms with van der Waals surface area (Å²) < 4.78 is 0. The molecule has 1 fully saturated rings. The molecule has 1 heterocycles. The van der Waals surface area contributed by atoms with E-state index in [9.17, 15) is 4.79 Å². The quantitative estimate of drug-likeness (QED) is 0.653. The molecule has 2 N–H and O–H groups in total. The molecule has 0 aromatic heterocycles. The number of hydrogen-bond donors (Lipinski definition) is 1. The van der Waals surface area contributed by atoms with Gasteiger partial charge in [-0.1, -0.05) is 0 Å². The van der Waals surface area contributed by atoms with Crippen molar-refractivity contribution in [3.8, 4) is 0 Å². The fourth-order valence-corrected chi connectivity index (χ4v) is 2.53. The van der Waals surface area contributed by atoms with Crippen LogP contribution >= 0.6 is 0 Å². The van der Waals surface area contributed by atoms with E-state index in [1.807, 2.05) is 18.2 Å². The number of hydrogen-bond acceptors (Lipinski definition) is 4. The zero-order valence-corrected chi connectivity index (χ0v) is 12.2. The van der Waals surface area contributed by atoms with Crippen LogP contribution in [0.25, 0.3) is 0 Å². The fraction of sp³-hybridized carbons (Fsp3) is 0.533. The first kappa shape index (κ1) is 13.9. The second-order valence-electron chi connectivity index (χ2n) is 5.98. The van der Waals surface area contributed by atoms with Gasteiger partial charge in [0, 0.05) is 42.1 Å². The van der Waals surface area contributed by atoms with Gasteiger partial charge < -0.3 is 10.6 Å². The molecule has 1 saturated heterocycles. The fourth-order valence-electron chi connectivity index (χ4n) is 2.53. The van der Waals surface area contributed by atoms with E-state index in [0.29, 0.717) is 11.3 Å². The molecule has 0 aliphatic carbocycles. The normalized spacial score (nSPS) is 19.5. The van der Waals surface area contributed by atoms with E-state index in [4.69, 9.17) is 5.73 Å². The first-order valence-electron chi connectivity index (χ1n) is 6.68. The highest BCUT2D eigenvalue weighted by molar-refractivity contribution is 5.99. The topological polar surface area (TPSA) is 49.6 Å². The van der Waals surface area contributed by atoms with Gasteiger partial charge in [-0.2, -0.15) is 0 Å². The third-order valence-electron chi connectivity index (χ3n) is 4.10. The Balaban J connectivity index is 2.24. The minimum absolute atomic E-state index is 0.0164. The number of nitrogens with zero attached hydrogens (tertiary/aromatic N) is 2. The number of Topliss-reactive ketones (excluding diaryl/α,β-unsaturated/α-hetero) is 1. The van der Waals surface area contributed by atoms with E-state index in [2.05, 4.69) is 30.7 Å². The Hall–Kier alpha value is -1.55. The van der Waals surface area contributed by atoms with E-state index in [1.54, 1.807) is 6.92 Å². The van der Waals surface area contributed by atoms with Gasteiger partial charge in [0.15, 0.2) is 5.78 Å². The smallest absolute Gasteiger partial charge is 0.161 e. The van der Waals surface area contributed by atoms with Crippen molar-refractivity contribution in [2.24, 2.45) is 0 Å². The summed E-state index contributed by atoms with van der Waals surface area (Å²) in [6.45, 7) is 9.01. The summed E-state index contributed by atoms with van der Waals surface area (Å²) in [6, 6.07) is 5.74. The molecule has 0 saturated carbocycles. The highest BCUT2D eigenvalue weighted by atomic mass is 16.1. The number of carbonyl (C=O) groups excluding carboxylic acids is 1. The lowest BCUT2D eigenvalue weighted by Crippen LogP contribution is -2.57. The largest absolute Gasteiger partial charge is 0.398 e. The lowest BCUT2D eigenvalue weighted by atomic mass is 9.99. The van der Waals surface area contributed by atoms with Crippen molar-refractivity contribution in [1.29, 1.82) is 0 Å². The van der Waals surface area contributed by atoms with Crippen molar-refractivity contribution in [2.75, 3.05) is 37.3 Å². The minimum Gasteiger partial charge on any atom is -0.398 e. The average Bonchev–Trinajstić information content (AvgIpc) is 2.32. The van der Waals surface area contributed by atoms with Gasteiger partial charge in [-0.15, -0.1) is 0 Å². The van der Waals surface area contributed by atoms with Crippen LogP contribution in [-0.4, -0.2) is 42.9 Å².